The van der Waals surface area contributed by atoms with E-state index >= 15 is 0 Å². The maximum absolute atomic E-state index is 12.3. The molecular weight excluding hydrogens is 244 g/mol. The maximum Gasteiger partial charge on any atom is 0.289 e. The van der Waals surface area contributed by atoms with Crippen molar-refractivity contribution >= 4 is 5.91 Å². The van der Waals surface area contributed by atoms with Gasteiger partial charge in [0.2, 0.25) is 0 Å². The van der Waals surface area contributed by atoms with Crippen LogP contribution < -0.4 is 0 Å². The van der Waals surface area contributed by atoms with Gasteiger partial charge in [-0.25, -0.2) is 0 Å². The molecule has 1 aromatic heterocycles. The number of hydrogen-bond acceptors (Lipinski definition) is 4. The second-order valence-corrected chi connectivity index (χ2v) is 5.31. The molecule has 1 aliphatic heterocycles. The van der Waals surface area contributed by atoms with Gasteiger partial charge in [0.15, 0.2) is 5.76 Å². The Labute approximate surface area is 114 Å². The fraction of sp³-hybridized carbons (Fsp3) is 0.643. The first-order chi connectivity index (χ1) is 9.02. The lowest BCUT2D eigenvalue weighted by Gasteiger charge is -2.25. The van der Waals surface area contributed by atoms with Gasteiger partial charge in [0.05, 0.1) is 12.4 Å². The van der Waals surface area contributed by atoms with Gasteiger partial charge in [-0.3, -0.25) is 9.69 Å². The minimum Gasteiger partial charge on any atom is -0.459 e. The van der Waals surface area contributed by atoms with Gasteiger partial charge in [-0.05, 0) is 26.5 Å². The van der Waals surface area contributed by atoms with Gasteiger partial charge in [-0.2, -0.15) is 0 Å². The molecule has 5 nitrogen and oxygen atoms in total. The summed E-state index contributed by atoms with van der Waals surface area (Å²) in [5.41, 5.74) is 0.881. The highest BCUT2D eigenvalue weighted by Gasteiger charge is 2.31. The third-order valence-electron chi connectivity index (χ3n) is 3.87. The van der Waals surface area contributed by atoms with Gasteiger partial charge in [0.25, 0.3) is 5.91 Å². The summed E-state index contributed by atoms with van der Waals surface area (Å²) in [6.45, 7) is 3.49. The van der Waals surface area contributed by atoms with Crippen molar-refractivity contribution in [1.29, 1.82) is 0 Å². The van der Waals surface area contributed by atoms with E-state index in [0.717, 1.165) is 18.5 Å². The summed E-state index contributed by atoms with van der Waals surface area (Å²) >= 11 is 0. The van der Waals surface area contributed by atoms with Crippen molar-refractivity contribution < 1.29 is 13.9 Å². The summed E-state index contributed by atoms with van der Waals surface area (Å²) < 4.78 is 10.6. The van der Waals surface area contributed by atoms with Crippen LogP contribution in [0.15, 0.2) is 16.7 Å². The van der Waals surface area contributed by atoms with E-state index in [9.17, 15) is 4.79 Å². The third-order valence-corrected chi connectivity index (χ3v) is 3.87. The second-order valence-electron chi connectivity index (χ2n) is 5.31. The van der Waals surface area contributed by atoms with E-state index in [1.807, 2.05) is 20.0 Å². The molecule has 0 spiro atoms. The average molecular weight is 266 g/mol. The highest BCUT2D eigenvalue weighted by atomic mass is 16.5. The number of hydrogen-bond donors (Lipinski definition) is 0. The summed E-state index contributed by atoms with van der Waals surface area (Å²) in [4.78, 5) is 16.2. The molecule has 0 aromatic carbocycles. The first kappa shape index (κ1) is 14.1. The lowest BCUT2D eigenvalue weighted by molar-refractivity contribution is 0.0728. The summed E-state index contributed by atoms with van der Waals surface area (Å²) in [5, 5.41) is 0. The fourth-order valence-electron chi connectivity index (χ4n) is 2.58. The van der Waals surface area contributed by atoms with Crippen LogP contribution in [0.5, 0.6) is 0 Å². The van der Waals surface area contributed by atoms with E-state index in [1.165, 1.54) is 0 Å². The number of rotatable bonds is 4. The van der Waals surface area contributed by atoms with Gasteiger partial charge < -0.3 is 14.1 Å². The normalized spacial score (nSPS) is 23.8. The van der Waals surface area contributed by atoms with Crippen molar-refractivity contribution in [3.05, 3.63) is 23.7 Å². The highest BCUT2D eigenvalue weighted by molar-refractivity contribution is 5.92. The number of likely N-dealkylation sites (N-methyl/N-ethyl adjacent to an activating group) is 2. The number of furan rings is 1. The third kappa shape index (κ3) is 2.98. The number of likely N-dealkylation sites (tertiary alicyclic amines) is 1. The Morgan fingerprint density at radius 3 is 2.89 bits per heavy atom. The molecule has 0 aliphatic carbocycles. The topological polar surface area (TPSA) is 45.9 Å². The van der Waals surface area contributed by atoms with E-state index in [2.05, 4.69) is 11.9 Å². The minimum atomic E-state index is -0.0585. The minimum absolute atomic E-state index is 0.0585. The molecule has 0 bridgehead atoms. The highest BCUT2D eigenvalue weighted by Crippen LogP contribution is 2.20. The van der Waals surface area contributed by atoms with Crippen LogP contribution in [-0.2, 0) is 4.74 Å². The number of carbonyl (C=O) groups is 1. The van der Waals surface area contributed by atoms with Crippen molar-refractivity contribution in [2.45, 2.75) is 25.5 Å². The molecule has 1 saturated heterocycles. The molecule has 1 fully saturated rings. The number of ether oxygens (including phenoxy) is 1. The Morgan fingerprint density at radius 2 is 2.37 bits per heavy atom. The van der Waals surface area contributed by atoms with Gasteiger partial charge >= 0.3 is 0 Å². The van der Waals surface area contributed by atoms with Crippen LogP contribution in [0, 0.1) is 6.92 Å². The Bertz CT molecular complexity index is 444. The van der Waals surface area contributed by atoms with E-state index < -0.39 is 0 Å². The largest absolute Gasteiger partial charge is 0.459 e. The van der Waals surface area contributed by atoms with Crippen molar-refractivity contribution in [2.75, 3.05) is 34.3 Å². The second kappa shape index (κ2) is 5.75. The molecule has 0 unspecified atom stereocenters. The predicted molar refractivity (Wildman–Crippen MR) is 72.2 cm³/mol. The molecule has 0 saturated carbocycles. The molecular formula is C14H22N2O3. The molecule has 2 rings (SSSR count). The zero-order chi connectivity index (χ0) is 14.0. The average Bonchev–Trinajstić information content (AvgIpc) is 2.95. The zero-order valence-electron chi connectivity index (χ0n) is 12.0. The molecule has 106 valence electrons. The van der Waals surface area contributed by atoms with Crippen LogP contribution in [0.4, 0.5) is 0 Å². The number of nitrogens with zero attached hydrogens (tertiary/aromatic N) is 2. The Hall–Kier alpha value is -1.33. The zero-order valence-corrected chi connectivity index (χ0v) is 12.0. The fourth-order valence-corrected chi connectivity index (χ4v) is 2.58. The van der Waals surface area contributed by atoms with Crippen LogP contribution >= 0.6 is 0 Å². The van der Waals surface area contributed by atoms with Crippen molar-refractivity contribution in [3.8, 4) is 0 Å². The monoisotopic (exact) mass is 266 g/mol. The van der Waals surface area contributed by atoms with Crippen LogP contribution in [-0.4, -0.2) is 62.1 Å². The smallest absolute Gasteiger partial charge is 0.289 e. The number of methoxy groups -OCH3 is 1. The first-order valence-electron chi connectivity index (χ1n) is 6.55. The van der Waals surface area contributed by atoms with Crippen molar-refractivity contribution in [3.63, 3.8) is 0 Å². The van der Waals surface area contributed by atoms with E-state index in [-0.39, 0.29) is 12.0 Å². The summed E-state index contributed by atoms with van der Waals surface area (Å²) in [6.07, 6.45) is 2.78. The van der Waals surface area contributed by atoms with Gasteiger partial charge in [0.1, 0.15) is 0 Å². The molecule has 2 atom stereocenters. The number of carbonyl (C=O) groups excluding carboxylic acids is 1. The molecule has 19 heavy (non-hydrogen) atoms. The van der Waals surface area contributed by atoms with E-state index in [1.54, 1.807) is 18.3 Å². The van der Waals surface area contributed by atoms with Gasteiger partial charge in [0, 0.05) is 38.9 Å². The number of aryl methyl sites for hydroxylation is 1. The van der Waals surface area contributed by atoms with Crippen LogP contribution in [0.2, 0.25) is 0 Å². The molecule has 1 amide bonds. The summed E-state index contributed by atoms with van der Waals surface area (Å²) in [6, 6.07) is 2.15. The molecule has 2 heterocycles. The molecule has 1 aromatic rings. The molecule has 0 radical (unpaired) electrons. The van der Waals surface area contributed by atoms with Crippen LogP contribution in [0.25, 0.3) is 0 Å². The van der Waals surface area contributed by atoms with Gasteiger partial charge in [-0.15, -0.1) is 0 Å². The molecule has 1 aliphatic rings. The van der Waals surface area contributed by atoms with Crippen LogP contribution in [0.1, 0.15) is 22.5 Å². The van der Waals surface area contributed by atoms with Crippen molar-refractivity contribution in [1.82, 2.24) is 9.80 Å². The number of amides is 1. The standard InChI is InChI=1S/C14H22N2O3/c1-10-5-6-19-13(10)14(17)16(3)8-11-7-12(18-4)9-15(11)2/h5-6,11-12H,7-9H2,1-4H3/t11-,12-/m0/s1. The summed E-state index contributed by atoms with van der Waals surface area (Å²) in [7, 11) is 5.63. The van der Waals surface area contributed by atoms with Crippen molar-refractivity contribution in [2.24, 2.45) is 0 Å². The summed E-state index contributed by atoms with van der Waals surface area (Å²) in [5.74, 6) is 0.378. The Kier molecular flexibility index (Phi) is 4.27. The SMILES string of the molecule is CO[C@H]1C[C@@H](CN(C)C(=O)c2occc2C)N(C)C1. The Morgan fingerprint density at radius 1 is 1.63 bits per heavy atom. The first-order valence-corrected chi connectivity index (χ1v) is 6.55. The lowest BCUT2D eigenvalue weighted by Crippen LogP contribution is -2.39. The van der Waals surface area contributed by atoms with E-state index in [0.29, 0.717) is 18.3 Å². The van der Waals surface area contributed by atoms with Gasteiger partial charge in [-0.1, -0.05) is 0 Å². The molecule has 0 N–H and O–H groups in total. The molecule has 5 heteroatoms. The van der Waals surface area contributed by atoms with E-state index in [4.69, 9.17) is 9.15 Å². The lowest BCUT2D eigenvalue weighted by atomic mass is 10.2. The quantitative estimate of drug-likeness (QED) is 0.826. The maximum atomic E-state index is 12.3. The predicted octanol–water partition coefficient (Wildman–Crippen LogP) is 1.38. The van der Waals surface area contributed by atoms with Crippen LogP contribution in [0.3, 0.4) is 0 Å². The Balaban J connectivity index is 1.96.